The highest BCUT2D eigenvalue weighted by molar-refractivity contribution is 5.20. The third-order valence-electron chi connectivity index (χ3n) is 10.7. The van der Waals surface area contributed by atoms with E-state index in [0.29, 0.717) is 0 Å². The van der Waals surface area contributed by atoms with Crippen molar-refractivity contribution in [3.63, 3.8) is 0 Å². The number of hydrogen-bond acceptors (Lipinski definition) is 0. The maximum absolute atomic E-state index is 2.51. The first kappa shape index (κ1) is 13.0. The zero-order chi connectivity index (χ0) is 14.7. The highest BCUT2D eigenvalue weighted by atomic mass is 14.8. The molecule has 0 aromatic carbocycles. The Hall–Kier alpha value is -0.260. The predicted molar refractivity (Wildman–Crippen MR) is 92.6 cm³/mol. The van der Waals surface area contributed by atoms with Crippen LogP contribution >= 0.6 is 0 Å². The first-order valence-corrected chi connectivity index (χ1v) is 11.1. The molecule has 0 aliphatic heterocycles. The number of hydrogen-bond donors (Lipinski definition) is 0. The summed E-state index contributed by atoms with van der Waals surface area (Å²) in [6, 6.07) is 0. The molecule has 0 amide bonds. The monoisotopic (exact) mass is 308 g/mol. The fraction of sp³-hybridized carbons (Fsp3) is 0.913. The van der Waals surface area contributed by atoms with E-state index in [1.54, 1.807) is 44.9 Å². The highest BCUT2D eigenvalue weighted by Gasteiger charge is 2.72. The van der Waals surface area contributed by atoms with Crippen molar-refractivity contribution in [2.75, 3.05) is 0 Å². The van der Waals surface area contributed by atoms with Gasteiger partial charge in [0.25, 0.3) is 0 Å². The van der Waals surface area contributed by atoms with Crippen molar-refractivity contribution in [3.8, 4) is 0 Å². The summed E-state index contributed by atoms with van der Waals surface area (Å²) in [5, 5.41) is 0. The average molecular weight is 309 g/mol. The van der Waals surface area contributed by atoms with Crippen molar-refractivity contribution in [3.05, 3.63) is 12.2 Å². The van der Waals surface area contributed by atoms with E-state index in [0.717, 1.165) is 11.8 Å². The minimum atomic E-state index is 1.14. The molecular formula is C23H32. The highest BCUT2D eigenvalue weighted by Crippen LogP contribution is 2.78. The molecule has 0 heterocycles. The van der Waals surface area contributed by atoms with E-state index in [4.69, 9.17) is 0 Å². The van der Waals surface area contributed by atoms with E-state index >= 15 is 0 Å². The molecule has 0 saturated heterocycles. The lowest BCUT2D eigenvalue weighted by atomic mass is 9.55. The molecule has 0 spiro atoms. The van der Waals surface area contributed by atoms with Gasteiger partial charge in [0.15, 0.2) is 0 Å². The van der Waals surface area contributed by atoms with Crippen LogP contribution in [0.4, 0.5) is 0 Å². The third kappa shape index (κ3) is 1.40. The molecule has 124 valence electrons. The van der Waals surface area contributed by atoms with E-state index in [1.165, 1.54) is 72.0 Å². The lowest BCUT2D eigenvalue weighted by Gasteiger charge is -2.49. The maximum Gasteiger partial charge on any atom is -0.0318 e. The van der Waals surface area contributed by atoms with Crippen molar-refractivity contribution in [1.82, 2.24) is 0 Å². The number of rotatable bonds is 0. The van der Waals surface area contributed by atoms with Gasteiger partial charge in [-0.25, -0.2) is 0 Å². The first-order chi connectivity index (χ1) is 11.4. The normalized spacial score (nSPS) is 68.5. The van der Waals surface area contributed by atoms with E-state index in [2.05, 4.69) is 12.2 Å². The van der Waals surface area contributed by atoms with Gasteiger partial charge in [-0.1, -0.05) is 12.2 Å². The van der Waals surface area contributed by atoms with Gasteiger partial charge in [-0.3, -0.25) is 0 Å². The molecule has 0 N–H and O–H groups in total. The van der Waals surface area contributed by atoms with Crippen molar-refractivity contribution in [2.45, 2.75) is 57.8 Å². The van der Waals surface area contributed by atoms with Crippen molar-refractivity contribution in [1.29, 1.82) is 0 Å². The minimum Gasteiger partial charge on any atom is -0.0885 e. The molecule has 0 aromatic heterocycles. The second-order valence-corrected chi connectivity index (χ2v) is 10.7. The fourth-order valence-electron chi connectivity index (χ4n) is 10.7. The molecule has 12 atom stereocenters. The zero-order valence-corrected chi connectivity index (χ0v) is 14.4. The number of allylic oxidation sites excluding steroid dienone is 2. The minimum absolute atomic E-state index is 1.14. The fourth-order valence-corrected chi connectivity index (χ4v) is 10.7. The Labute approximate surface area is 141 Å². The smallest absolute Gasteiger partial charge is 0.0318 e. The average Bonchev–Trinajstić information content (AvgIpc) is 3.32. The Kier molecular flexibility index (Phi) is 2.42. The molecule has 7 rings (SSSR count). The van der Waals surface area contributed by atoms with E-state index in [9.17, 15) is 0 Å². The van der Waals surface area contributed by atoms with Gasteiger partial charge in [0.05, 0.1) is 0 Å². The van der Waals surface area contributed by atoms with Crippen LogP contribution in [0.15, 0.2) is 12.2 Å². The van der Waals surface area contributed by atoms with Crippen LogP contribution in [0.3, 0.4) is 0 Å². The van der Waals surface area contributed by atoms with Crippen LogP contribution in [-0.4, -0.2) is 0 Å². The number of fused-ring (bicyclic) bond motifs is 19. The van der Waals surface area contributed by atoms with Crippen LogP contribution < -0.4 is 0 Å². The molecule has 0 aromatic rings. The van der Waals surface area contributed by atoms with Gasteiger partial charge < -0.3 is 0 Å². The van der Waals surface area contributed by atoms with Crippen molar-refractivity contribution >= 4 is 0 Å². The second-order valence-electron chi connectivity index (χ2n) is 10.7. The van der Waals surface area contributed by atoms with Crippen molar-refractivity contribution in [2.24, 2.45) is 71.0 Å². The molecule has 0 nitrogen and oxygen atoms in total. The van der Waals surface area contributed by atoms with Crippen LogP contribution in [0, 0.1) is 71.0 Å². The molecule has 7 aliphatic carbocycles. The van der Waals surface area contributed by atoms with Crippen LogP contribution in [0.5, 0.6) is 0 Å². The Morgan fingerprint density at radius 2 is 0.957 bits per heavy atom. The molecule has 6 fully saturated rings. The largest absolute Gasteiger partial charge is 0.0885 e. The summed E-state index contributed by atoms with van der Waals surface area (Å²) in [6.07, 6.45) is 19.2. The molecule has 0 heteroatoms. The van der Waals surface area contributed by atoms with Crippen LogP contribution in [-0.2, 0) is 0 Å². The molecule has 6 saturated carbocycles. The quantitative estimate of drug-likeness (QED) is 0.407. The zero-order valence-electron chi connectivity index (χ0n) is 14.4. The summed E-state index contributed by atoms with van der Waals surface area (Å²) in [7, 11) is 0. The first-order valence-electron chi connectivity index (χ1n) is 11.1. The standard InChI is InChI=1S/C23H32/c1-2-4-6-15-14(5-3-1)16-10-17(15)23-19-11-18(22(16)23)20-12-7-8-13(9-12)21(19)20/h1-2,12-23H,3-11H2/b2-1-. The molecule has 12 unspecified atom stereocenters. The van der Waals surface area contributed by atoms with Crippen LogP contribution in [0.1, 0.15) is 57.8 Å². The summed E-state index contributed by atoms with van der Waals surface area (Å²) in [4.78, 5) is 0. The molecule has 7 aliphatic rings. The van der Waals surface area contributed by atoms with E-state index in [-0.39, 0.29) is 0 Å². The summed E-state index contributed by atoms with van der Waals surface area (Å²) >= 11 is 0. The third-order valence-corrected chi connectivity index (χ3v) is 10.7. The maximum atomic E-state index is 2.51. The molecule has 23 heavy (non-hydrogen) atoms. The lowest BCUT2D eigenvalue weighted by Crippen LogP contribution is -2.45. The van der Waals surface area contributed by atoms with Gasteiger partial charge in [0.1, 0.15) is 0 Å². The van der Waals surface area contributed by atoms with Gasteiger partial charge in [-0.2, -0.15) is 0 Å². The summed E-state index contributed by atoms with van der Waals surface area (Å²) < 4.78 is 0. The molecule has 6 bridgehead atoms. The van der Waals surface area contributed by atoms with Crippen LogP contribution in [0.25, 0.3) is 0 Å². The second kappa shape index (κ2) is 4.28. The lowest BCUT2D eigenvalue weighted by molar-refractivity contribution is -0.0183. The molecule has 0 radical (unpaired) electrons. The Morgan fingerprint density at radius 1 is 0.435 bits per heavy atom. The molecular weight excluding hydrogens is 276 g/mol. The summed E-state index contributed by atoms with van der Waals surface area (Å²) in [6.45, 7) is 0. The van der Waals surface area contributed by atoms with Crippen LogP contribution in [0.2, 0.25) is 0 Å². The van der Waals surface area contributed by atoms with Gasteiger partial charge >= 0.3 is 0 Å². The van der Waals surface area contributed by atoms with Gasteiger partial charge in [-0.05, 0) is 129 Å². The Morgan fingerprint density at radius 3 is 1.52 bits per heavy atom. The Balaban J connectivity index is 1.27. The van der Waals surface area contributed by atoms with Gasteiger partial charge in [0, 0.05) is 0 Å². The van der Waals surface area contributed by atoms with Gasteiger partial charge in [0.2, 0.25) is 0 Å². The summed E-state index contributed by atoms with van der Waals surface area (Å²) in [5.74, 6) is 14.3. The van der Waals surface area contributed by atoms with Crippen molar-refractivity contribution < 1.29 is 0 Å². The predicted octanol–water partition coefficient (Wildman–Crippen LogP) is 5.54. The topological polar surface area (TPSA) is 0 Å². The Bertz CT molecular complexity index is 514. The van der Waals surface area contributed by atoms with E-state index < -0.39 is 0 Å². The SMILES string of the molecule is C1=C\CCC2C(CC/1)C1CC2C2C3CC(C4C5CCC(C5)C34)C12. The van der Waals surface area contributed by atoms with Gasteiger partial charge in [-0.15, -0.1) is 0 Å². The summed E-state index contributed by atoms with van der Waals surface area (Å²) in [5.41, 5.74) is 0. The van der Waals surface area contributed by atoms with E-state index in [1.807, 2.05) is 0 Å².